The summed E-state index contributed by atoms with van der Waals surface area (Å²) in [5.41, 5.74) is 0.892. The topological polar surface area (TPSA) is 92.8 Å². The summed E-state index contributed by atoms with van der Waals surface area (Å²) in [7, 11) is 0. The van der Waals surface area contributed by atoms with Crippen LogP contribution in [0.5, 0.6) is 0 Å². The van der Waals surface area contributed by atoms with Crippen molar-refractivity contribution in [1.29, 1.82) is 0 Å². The first kappa shape index (κ1) is 19.3. The summed E-state index contributed by atoms with van der Waals surface area (Å²) in [6.45, 7) is 5.78. The van der Waals surface area contributed by atoms with Crippen LogP contribution in [0.15, 0.2) is 48.5 Å². The molecule has 2 aromatic rings. The van der Waals surface area contributed by atoms with Crippen molar-refractivity contribution in [2.24, 2.45) is 5.41 Å². The zero-order valence-electron chi connectivity index (χ0n) is 15.8. The van der Waals surface area contributed by atoms with Crippen LogP contribution in [0.1, 0.15) is 57.4 Å². The van der Waals surface area contributed by atoms with E-state index >= 15 is 0 Å². The van der Waals surface area contributed by atoms with Crippen LogP contribution >= 0.6 is 0 Å². The van der Waals surface area contributed by atoms with Gasteiger partial charge in [-0.15, -0.1) is 0 Å². The highest BCUT2D eigenvalue weighted by atomic mass is 16.7. The highest BCUT2D eigenvalue weighted by molar-refractivity contribution is 6.21. The van der Waals surface area contributed by atoms with Crippen molar-refractivity contribution in [3.8, 4) is 0 Å². The molecular formula is C21H20N2O5. The minimum Gasteiger partial charge on any atom is -0.352 e. The Morgan fingerprint density at radius 2 is 1.46 bits per heavy atom. The SMILES string of the molecule is CC(C)(C)C(=O)NCc1ccc(C(=O)ON2C(=O)c3ccccc3C2=O)cc1. The molecule has 0 atom stereocenters. The van der Waals surface area contributed by atoms with E-state index in [-0.39, 0.29) is 22.6 Å². The van der Waals surface area contributed by atoms with E-state index in [0.29, 0.717) is 11.6 Å². The van der Waals surface area contributed by atoms with Crippen LogP contribution in [0.3, 0.4) is 0 Å². The van der Waals surface area contributed by atoms with Gasteiger partial charge >= 0.3 is 5.97 Å². The number of imide groups is 1. The van der Waals surface area contributed by atoms with Gasteiger partial charge in [-0.3, -0.25) is 14.4 Å². The smallest absolute Gasteiger partial charge is 0.352 e. The Bertz CT molecular complexity index is 923. The fourth-order valence-corrected chi connectivity index (χ4v) is 2.59. The molecule has 7 heteroatoms. The standard InChI is InChI=1S/C21H20N2O5/c1-21(2,3)20(27)22-12-13-8-10-14(11-9-13)19(26)28-23-17(24)15-6-4-5-7-16(15)18(23)25/h4-11H,12H2,1-3H3,(H,22,27). The van der Waals surface area contributed by atoms with Gasteiger partial charge in [-0.05, 0) is 29.8 Å². The largest absolute Gasteiger partial charge is 0.363 e. The van der Waals surface area contributed by atoms with Crippen molar-refractivity contribution in [2.45, 2.75) is 27.3 Å². The Morgan fingerprint density at radius 3 is 1.96 bits per heavy atom. The Balaban J connectivity index is 1.64. The summed E-state index contributed by atoms with van der Waals surface area (Å²) < 4.78 is 0. The van der Waals surface area contributed by atoms with Crippen molar-refractivity contribution in [1.82, 2.24) is 10.4 Å². The van der Waals surface area contributed by atoms with E-state index in [0.717, 1.165) is 5.56 Å². The maximum Gasteiger partial charge on any atom is 0.363 e. The van der Waals surface area contributed by atoms with Crippen LogP contribution in [0.2, 0.25) is 0 Å². The molecule has 3 rings (SSSR count). The van der Waals surface area contributed by atoms with E-state index in [1.54, 1.807) is 24.3 Å². The molecule has 0 saturated heterocycles. The van der Waals surface area contributed by atoms with E-state index in [4.69, 9.17) is 4.84 Å². The molecule has 0 aromatic heterocycles. The van der Waals surface area contributed by atoms with E-state index in [9.17, 15) is 19.2 Å². The number of amides is 3. The monoisotopic (exact) mass is 380 g/mol. The predicted octanol–water partition coefficient (Wildman–Crippen LogP) is 2.72. The summed E-state index contributed by atoms with van der Waals surface area (Å²) in [6.07, 6.45) is 0. The Hall–Kier alpha value is -3.48. The Kier molecular flexibility index (Phi) is 5.00. The van der Waals surface area contributed by atoms with Gasteiger partial charge in [-0.25, -0.2) is 4.79 Å². The Morgan fingerprint density at radius 1 is 0.929 bits per heavy atom. The highest BCUT2D eigenvalue weighted by Gasteiger charge is 2.38. The van der Waals surface area contributed by atoms with E-state index in [1.807, 2.05) is 20.8 Å². The summed E-state index contributed by atoms with van der Waals surface area (Å²) >= 11 is 0. The first-order chi connectivity index (χ1) is 13.2. The molecule has 1 N–H and O–H groups in total. The number of rotatable bonds is 4. The molecule has 0 spiro atoms. The molecule has 0 fully saturated rings. The first-order valence-corrected chi connectivity index (χ1v) is 8.76. The maximum absolute atomic E-state index is 12.3. The molecular weight excluding hydrogens is 360 g/mol. The summed E-state index contributed by atoms with van der Waals surface area (Å²) in [4.78, 5) is 53.7. The van der Waals surface area contributed by atoms with Crippen LogP contribution in [-0.2, 0) is 16.2 Å². The van der Waals surface area contributed by atoms with E-state index in [2.05, 4.69) is 5.32 Å². The van der Waals surface area contributed by atoms with Crippen LogP contribution in [0.25, 0.3) is 0 Å². The normalized spacial score (nSPS) is 13.3. The quantitative estimate of drug-likeness (QED) is 0.824. The first-order valence-electron chi connectivity index (χ1n) is 8.76. The number of hydrogen-bond acceptors (Lipinski definition) is 5. The third-order valence-corrected chi connectivity index (χ3v) is 4.25. The number of nitrogens with one attached hydrogen (secondary N) is 1. The van der Waals surface area contributed by atoms with Gasteiger partial charge in [0.05, 0.1) is 16.7 Å². The average Bonchev–Trinajstić information content (AvgIpc) is 2.91. The van der Waals surface area contributed by atoms with Gasteiger partial charge in [0, 0.05) is 12.0 Å². The summed E-state index contributed by atoms with van der Waals surface area (Å²) in [6, 6.07) is 12.6. The van der Waals surface area contributed by atoms with Crippen molar-refractivity contribution in [3.63, 3.8) is 0 Å². The Labute approximate surface area is 162 Å². The van der Waals surface area contributed by atoms with Gasteiger partial charge in [0.25, 0.3) is 11.8 Å². The fourth-order valence-electron chi connectivity index (χ4n) is 2.59. The lowest BCUT2D eigenvalue weighted by atomic mass is 9.95. The lowest BCUT2D eigenvalue weighted by molar-refractivity contribution is -0.128. The van der Waals surface area contributed by atoms with Crippen LogP contribution in [0.4, 0.5) is 0 Å². The molecule has 0 radical (unpaired) electrons. The van der Waals surface area contributed by atoms with Gasteiger partial charge in [0.15, 0.2) is 0 Å². The van der Waals surface area contributed by atoms with Crippen LogP contribution < -0.4 is 5.32 Å². The highest BCUT2D eigenvalue weighted by Crippen LogP contribution is 2.23. The van der Waals surface area contributed by atoms with Gasteiger partial charge in [0.2, 0.25) is 5.91 Å². The number of hydrogen-bond donors (Lipinski definition) is 1. The molecule has 7 nitrogen and oxygen atoms in total. The van der Waals surface area contributed by atoms with Gasteiger partial charge in [-0.2, -0.15) is 0 Å². The molecule has 0 saturated carbocycles. The zero-order valence-corrected chi connectivity index (χ0v) is 15.8. The molecule has 1 heterocycles. The van der Waals surface area contributed by atoms with Gasteiger partial charge in [-0.1, -0.05) is 50.1 Å². The predicted molar refractivity (Wildman–Crippen MR) is 100 cm³/mol. The van der Waals surface area contributed by atoms with Crippen molar-refractivity contribution in [3.05, 3.63) is 70.8 Å². The number of nitrogens with zero attached hydrogens (tertiary/aromatic N) is 1. The average molecular weight is 380 g/mol. The fraction of sp³-hybridized carbons (Fsp3) is 0.238. The van der Waals surface area contributed by atoms with Crippen molar-refractivity contribution >= 4 is 23.7 Å². The second-order valence-electron chi connectivity index (χ2n) is 7.46. The lowest BCUT2D eigenvalue weighted by Crippen LogP contribution is -2.34. The van der Waals surface area contributed by atoms with E-state index < -0.39 is 23.2 Å². The van der Waals surface area contributed by atoms with Gasteiger partial charge in [0.1, 0.15) is 0 Å². The van der Waals surface area contributed by atoms with Crippen LogP contribution in [0, 0.1) is 5.41 Å². The minimum absolute atomic E-state index is 0.0818. The number of carbonyl (C=O) groups is 4. The second-order valence-corrected chi connectivity index (χ2v) is 7.46. The zero-order chi connectivity index (χ0) is 20.5. The molecule has 1 aliphatic rings. The number of hydroxylamine groups is 2. The molecule has 1 aliphatic heterocycles. The lowest BCUT2D eigenvalue weighted by Gasteiger charge is -2.17. The number of benzene rings is 2. The van der Waals surface area contributed by atoms with Crippen molar-refractivity contribution < 1.29 is 24.0 Å². The minimum atomic E-state index is -0.820. The number of carbonyl (C=O) groups excluding carboxylic acids is 4. The molecule has 144 valence electrons. The maximum atomic E-state index is 12.3. The third kappa shape index (κ3) is 3.78. The molecule has 28 heavy (non-hydrogen) atoms. The molecule has 0 unspecified atom stereocenters. The molecule has 0 aliphatic carbocycles. The number of fused-ring (bicyclic) bond motifs is 1. The van der Waals surface area contributed by atoms with Crippen LogP contribution in [-0.4, -0.2) is 28.8 Å². The van der Waals surface area contributed by atoms with E-state index in [1.165, 1.54) is 24.3 Å². The molecule has 3 amide bonds. The summed E-state index contributed by atoms with van der Waals surface area (Å²) in [5, 5.41) is 3.29. The third-order valence-electron chi connectivity index (χ3n) is 4.25. The summed E-state index contributed by atoms with van der Waals surface area (Å²) in [5.74, 6) is -2.24. The molecule has 0 bridgehead atoms. The molecule has 2 aromatic carbocycles. The van der Waals surface area contributed by atoms with Crippen molar-refractivity contribution in [2.75, 3.05) is 0 Å². The van der Waals surface area contributed by atoms with Gasteiger partial charge < -0.3 is 10.2 Å². The second kappa shape index (κ2) is 7.26.